The second-order valence-electron chi connectivity index (χ2n) is 3.14. The van der Waals surface area contributed by atoms with Crippen LogP contribution in [0.4, 0.5) is 0 Å². The summed E-state index contributed by atoms with van der Waals surface area (Å²) in [5.74, 6) is -0.587. The van der Waals surface area contributed by atoms with Crippen molar-refractivity contribution in [2.24, 2.45) is 5.73 Å². The molecule has 0 aromatic heterocycles. The van der Waals surface area contributed by atoms with Crippen molar-refractivity contribution in [3.05, 3.63) is 23.8 Å². The Labute approximate surface area is 87.1 Å². The summed E-state index contributed by atoms with van der Waals surface area (Å²) in [6, 6.07) is 3.65. The number of carbonyl (C=O) groups is 1. The van der Waals surface area contributed by atoms with E-state index in [1.807, 2.05) is 0 Å². The van der Waals surface area contributed by atoms with Gasteiger partial charge in [-0.15, -0.1) is 0 Å². The summed E-state index contributed by atoms with van der Waals surface area (Å²) in [6.07, 6.45) is 0.0885. The number of hydrogen-bond donors (Lipinski definition) is 3. The minimum atomic E-state index is -1.09. The van der Waals surface area contributed by atoms with E-state index in [2.05, 4.69) is 0 Å². The number of carboxylic acid groups (broad SMARTS) is 1. The van der Waals surface area contributed by atoms with Crippen molar-refractivity contribution in [2.75, 3.05) is 7.11 Å². The predicted octanol–water partition coefficient (Wildman–Crippen LogP) is 0.355. The van der Waals surface area contributed by atoms with E-state index in [-0.39, 0.29) is 12.2 Å². The summed E-state index contributed by atoms with van der Waals surface area (Å²) < 4.78 is 4.89. The molecule has 0 radical (unpaired) electrons. The maximum atomic E-state index is 10.5. The summed E-state index contributed by atoms with van der Waals surface area (Å²) >= 11 is 0. The predicted molar refractivity (Wildman–Crippen MR) is 54.0 cm³/mol. The Morgan fingerprint density at radius 2 is 2.27 bits per heavy atom. The van der Waals surface area contributed by atoms with Crippen LogP contribution in [0.25, 0.3) is 0 Å². The molecule has 1 aromatic carbocycles. The molecular weight excluding hydrogens is 198 g/mol. The van der Waals surface area contributed by atoms with Gasteiger partial charge >= 0.3 is 5.97 Å². The quantitative estimate of drug-likeness (QED) is 0.668. The molecule has 0 heterocycles. The fourth-order valence-electron chi connectivity index (χ4n) is 1.17. The van der Waals surface area contributed by atoms with Crippen LogP contribution in [0.15, 0.2) is 18.2 Å². The normalized spacial score (nSPS) is 12.1. The topological polar surface area (TPSA) is 92.8 Å². The molecule has 15 heavy (non-hydrogen) atoms. The summed E-state index contributed by atoms with van der Waals surface area (Å²) in [5.41, 5.74) is 5.84. The Morgan fingerprint density at radius 1 is 1.60 bits per heavy atom. The molecule has 0 fully saturated rings. The molecule has 5 nitrogen and oxygen atoms in total. The molecule has 0 spiro atoms. The minimum Gasteiger partial charge on any atom is -0.508 e. The maximum Gasteiger partial charge on any atom is 0.320 e. The molecule has 82 valence electrons. The van der Waals surface area contributed by atoms with Gasteiger partial charge in [-0.05, 0) is 11.6 Å². The number of nitrogens with two attached hydrogens (primary N) is 1. The number of phenols is 1. The lowest BCUT2D eigenvalue weighted by Gasteiger charge is -2.09. The summed E-state index contributed by atoms with van der Waals surface area (Å²) in [6.45, 7) is 0. The number of phenolic OH excluding ortho intramolecular Hbond substituents is 1. The number of ether oxygens (including phenoxy) is 1. The Hall–Kier alpha value is -1.75. The van der Waals surface area contributed by atoms with E-state index in [9.17, 15) is 9.90 Å². The van der Waals surface area contributed by atoms with Crippen molar-refractivity contribution >= 4 is 5.97 Å². The molecule has 0 saturated carbocycles. The first-order chi connectivity index (χ1) is 7.04. The third kappa shape index (κ3) is 2.85. The SMILES string of the molecule is COc1ccc(C[C@H](N)C(=O)O)c(O)c1. The van der Waals surface area contributed by atoms with Gasteiger partial charge in [0.1, 0.15) is 17.5 Å². The Kier molecular flexibility index (Phi) is 3.51. The number of hydrogen-bond acceptors (Lipinski definition) is 4. The van der Waals surface area contributed by atoms with E-state index in [0.717, 1.165) is 0 Å². The zero-order valence-electron chi connectivity index (χ0n) is 8.30. The largest absolute Gasteiger partial charge is 0.508 e. The van der Waals surface area contributed by atoms with E-state index in [0.29, 0.717) is 11.3 Å². The van der Waals surface area contributed by atoms with Crippen LogP contribution in [0.5, 0.6) is 11.5 Å². The van der Waals surface area contributed by atoms with Crippen molar-refractivity contribution in [2.45, 2.75) is 12.5 Å². The van der Waals surface area contributed by atoms with Crippen molar-refractivity contribution in [1.29, 1.82) is 0 Å². The number of methoxy groups -OCH3 is 1. The molecule has 1 rings (SSSR count). The van der Waals surface area contributed by atoms with Crippen LogP contribution < -0.4 is 10.5 Å². The van der Waals surface area contributed by atoms with Crippen molar-refractivity contribution < 1.29 is 19.7 Å². The van der Waals surface area contributed by atoms with Crippen molar-refractivity contribution in [1.82, 2.24) is 0 Å². The first-order valence-electron chi connectivity index (χ1n) is 4.39. The third-order valence-corrected chi connectivity index (χ3v) is 2.05. The van der Waals surface area contributed by atoms with Gasteiger partial charge in [0.25, 0.3) is 0 Å². The van der Waals surface area contributed by atoms with Gasteiger partial charge in [-0.2, -0.15) is 0 Å². The molecule has 1 aromatic rings. The highest BCUT2D eigenvalue weighted by Crippen LogP contribution is 2.24. The van der Waals surface area contributed by atoms with Gasteiger partial charge in [0.15, 0.2) is 0 Å². The minimum absolute atomic E-state index is 0.00829. The third-order valence-electron chi connectivity index (χ3n) is 2.05. The molecule has 0 aliphatic carbocycles. The smallest absolute Gasteiger partial charge is 0.320 e. The number of aromatic hydroxyl groups is 1. The molecular formula is C10H13NO4. The molecule has 5 heteroatoms. The zero-order valence-corrected chi connectivity index (χ0v) is 8.30. The number of benzene rings is 1. The van der Waals surface area contributed by atoms with Crippen LogP contribution >= 0.6 is 0 Å². The first kappa shape index (κ1) is 11.3. The molecule has 0 saturated heterocycles. The molecule has 0 amide bonds. The van der Waals surface area contributed by atoms with E-state index in [4.69, 9.17) is 15.6 Å². The van der Waals surface area contributed by atoms with E-state index >= 15 is 0 Å². The highest BCUT2D eigenvalue weighted by molar-refractivity contribution is 5.73. The summed E-state index contributed by atoms with van der Waals surface area (Å²) in [4.78, 5) is 10.5. The van der Waals surface area contributed by atoms with Crippen LogP contribution in [0, 0.1) is 0 Å². The van der Waals surface area contributed by atoms with Gasteiger partial charge in [-0.25, -0.2) is 0 Å². The molecule has 4 N–H and O–H groups in total. The fourth-order valence-corrected chi connectivity index (χ4v) is 1.17. The molecule has 0 bridgehead atoms. The number of aliphatic carboxylic acids is 1. The van der Waals surface area contributed by atoms with Crippen molar-refractivity contribution in [3.63, 3.8) is 0 Å². The lowest BCUT2D eigenvalue weighted by atomic mass is 10.1. The summed E-state index contributed by atoms with van der Waals surface area (Å²) in [7, 11) is 1.48. The standard InChI is InChI=1S/C10H13NO4/c1-15-7-3-2-6(9(12)5-7)4-8(11)10(13)14/h2-3,5,8,12H,4,11H2,1H3,(H,13,14)/t8-/m0/s1. The van der Waals surface area contributed by atoms with Crippen LogP contribution in [0.1, 0.15) is 5.56 Å². The van der Waals surface area contributed by atoms with Crippen LogP contribution in [-0.2, 0) is 11.2 Å². The molecule has 1 atom stereocenters. The van der Waals surface area contributed by atoms with E-state index < -0.39 is 12.0 Å². The lowest BCUT2D eigenvalue weighted by Crippen LogP contribution is -2.32. The highest BCUT2D eigenvalue weighted by Gasteiger charge is 2.14. The van der Waals surface area contributed by atoms with Gasteiger partial charge in [0, 0.05) is 12.5 Å². The lowest BCUT2D eigenvalue weighted by molar-refractivity contribution is -0.138. The van der Waals surface area contributed by atoms with Gasteiger partial charge in [-0.1, -0.05) is 6.07 Å². The second-order valence-corrected chi connectivity index (χ2v) is 3.14. The number of rotatable bonds is 4. The Morgan fingerprint density at radius 3 is 2.73 bits per heavy atom. The van der Waals surface area contributed by atoms with E-state index in [1.165, 1.54) is 13.2 Å². The maximum absolute atomic E-state index is 10.5. The summed E-state index contributed by atoms with van der Waals surface area (Å²) in [5, 5.41) is 18.1. The van der Waals surface area contributed by atoms with E-state index in [1.54, 1.807) is 12.1 Å². The second kappa shape index (κ2) is 4.65. The van der Waals surface area contributed by atoms with Gasteiger partial charge < -0.3 is 20.7 Å². The van der Waals surface area contributed by atoms with Gasteiger partial charge in [0.05, 0.1) is 7.11 Å². The number of carboxylic acids is 1. The molecule has 0 aliphatic heterocycles. The average Bonchev–Trinajstić information content (AvgIpc) is 2.20. The average molecular weight is 211 g/mol. The molecule has 0 aliphatic rings. The van der Waals surface area contributed by atoms with Gasteiger partial charge in [-0.3, -0.25) is 4.79 Å². The van der Waals surface area contributed by atoms with Gasteiger partial charge in [0.2, 0.25) is 0 Å². The van der Waals surface area contributed by atoms with Crippen molar-refractivity contribution in [3.8, 4) is 11.5 Å². The molecule has 0 unspecified atom stereocenters. The van der Waals surface area contributed by atoms with Crippen LogP contribution in [-0.4, -0.2) is 29.3 Å². The monoisotopic (exact) mass is 211 g/mol. The highest BCUT2D eigenvalue weighted by atomic mass is 16.5. The zero-order chi connectivity index (χ0) is 11.4. The Bertz CT molecular complexity index is 364. The Balaban J connectivity index is 2.82. The fraction of sp³-hybridized carbons (Fsp3) is 0.300. The van der Waals surface area contributed by atoms with Crippen LogP contribution in [0.2, 0.25) is 0 Å². The van der Waals surface area contributed by atoms with Crippen LogP contribution in [0.3, 0.4) is 0 Å². The first-order valence-corrected chi connectivity index (χ1v) is 4.39.